The SMILES string of the molecule is CCOc1ccccc1NC(=O)C(=O)NCc1ccc(-c2cccs2)o1. The normalized spacial score (nSPS) is 10.3. The third-order valence-corrected chi connectivity index (χ3v) is 4.37. The molecule has 7 heteroatoms. The van der Waals surface area contributed by atoms with E-state index in [1.165, 1.54) is 0 Å². The molecule has 0 aliphatic heterocycles. The van der Waals surface area contributed by atoms with Crippen LogP contribution in [0.2, 0.25) is 0 Å². The highest BCUT2D eigenvalue weighted by atomic mass is 32.1. The van der Waals surface area contributed by atoms with Crippen LogP contribution in [0.3, 0.4) is 0 Å². The van der Waals surface area contributed by atoms with Crippen molar-refractivity contribution in [1.29, 1.82) is 0 Å². The zero-order valence-corrected chi connectivity index (χ0v) is 15.0. The Morgan fingerprint density at radius 1 is 1.08 bits per heavy atom. The van der Waals surface area contributed by atoms with E-state index in [9.17, 15) is 9.59 Å². The first-order valence-electron chi connectivity index (χ1n) is 8.11. The van der Waals surface area contributed by atoms with Crippen LogP contribution in [0, 0.1) is 0 Å². The lowest BCUT2D eigenvalue weighted by Gasteiger charge is -2.10. The number of carbonyl (C=O) groups excluding carboxylic acids is 2. The number of furan rings is 1. The summed E-state index contributed by atoms with van der Waals surface area (Å²) in [5.74, 6) is 0.318. The predicted octanol–water partition coefficient (Wildman–Crippen LogP) is 3.66. The first kappa shape index (κ1) is 17.8. The smallest absolute Gasteiger partial charge is 0.313 e. The highest BCUT2D eigenvalue weighted by Crippen LogP contribution is 2.26. The van der Waals surface area contributed by atoms with Crippen molar-refractivity contribution < 1.29 is 18.7 Å². The fourth-order valence-electron chi connectivity index (χ4n) is 2.30. The van der Waals surface area contributed by atoms with Gasteiger partial charge in [0.2, 0.25) is 0 Å². The summed E-state index contributed by atoms with van der Waals surface area (Å²) in [6.07, 6.45) is 0. The van der Waals surface area contributed by atoms with Crippen molar-refractivity contribution in [3.05, 3.63) is 59.7 Å². The number of hydrogen-bond acceptors (Lipinski definition) is 5. The molecule has 0 unspecified atom stereocenters. The molecule has 134 valence electrons. The van der Waals surface area contributed by atoms with Crippen molar-refractivity contribution >= 4 is 28.8 Å². The van der Waals surface area contributed by atoms with Gasteiger partial charge in [-0.2, -0.15) is 0 Å². The molecule has 2 N–H and O–H groups in total. The van der Waals surface area contributed by atoms with Gasteiger partial charge in [-0.1, -0.05) is 18.2 Å². The van der Waals surface area contributed by atoms with Gasteiger partial charge < -0.3 is 19.8 Å². The van der Waals surface area contributed by atoms with Crippen molar-refractivity contribution in [1.82, 2.24) is 5.32 Å². The number of nitrogens with one attached hydrogen (secondary N) is 2. The van der Waals surface area contributed by atoms with E-state index in [-0.39, 0.29) is 6.54 Å². The molecule has 1 aromatic carbocycles. The molecule has 2 amide bonds. The van der Waals surface area contributed by atoms with Gasteiger partial charge in [-0.15, -0.1) is 11.3 Å². The minimum Gasteiger partial charge on any atom is -0.492 e. The Morgan fingerprint density at radius 3 is 2.69 bits per heavy atom. The summed E-state index contributed by atoms with van der Waals surface area (Å²) in [6, 6.07) is 14.5. The average Bonchev–Trinajstić information content (AvgIpc) is 3.33. The van der Waals surface area contributed by atoms with Crippen molar-refractivity contribution in [2.75, 3.05) is 11.9 Å². The van der Waals surface area contributed by atoms with E-state index < -0.39 is 11.8 Å². The standard InChI is InChI=1S/C19H18N2O4S/c1-2-24-15-7-4-3-6-14(15)21-19(23)18(22)20-12-13-9-10-16(25-13)17-8-5-11-26-17/h3-11H,2,12H2,1H3,(H,20,22)(H,21,23). The molecule has 0 atom stereocenters. The van der Waals surface area contributed by atoms with Gasteiger partial charge in [-0.3, -0.25) is 9.59 Å². The van der Waals surface area contributed by atoms with Crippen LogP contribution in [0.1, 0.15) is 12.7 Å². The van der Waals surface area contributed by atoms with Crippen molar-refractivity contribution in [3.63, 3.8) is 0 Å². The number of amides is 2. The van der Waals surface area contributed by atoms with Gasteiger partial charge in [0.25, 0.3) is 0 Å². The summed E-state index contributed by atoms with van der Waals surface area (Å²) in [7, 11) is 0. The van der Waals surface area contributed by atoms with Crippen LogP contribution in [0.4, 0.5) is 5.69 Å². The fourth-order valence-corrected chi connectivity index (χ4v) is 2.99. The van der Waals surface area contributed by atoms with Crippen LogP contribution in [-0.4, -0.2) is 18.4 Å². The molecule has 0 aliphatic carbocycles. The largest absolute Gasteiger partial charge is 0.492 e. The van der Waals surface area contributed by atoms with E-state index >= 15 is 0 Å². The molecular weight excluding hydrogens is 352 g/mol. The van der Waals surface area contributed by atoms with E-state index in [0.717, 1.165) is 10.6 Å². The lowest BCUT2D eigenvalue weighted by atomic mass is 10.3. The first-order valence-corrected chi connectivity index (χ1v) is 8.99. The molecule has 0 saturated heterocycles. The lowest BCUT2D eigenvalue weighted by Crippen LogP contribution is -2.34. The van der Waals surface area contributed by atoms with E-state index in [0.29, 0.717) is 23.8 Å². The van der Waals surface area contributed by atoms with Crippen LogP contribution < -0.4 is 15.4 Å². The topological polar surface area (TPSA) is 80.6 Å². The molecule has 6 nitrogen and oxygen atoms in total. The summed E-state index contributed by atoms with van der Waals surface area (Å²) in [4.78, 5) is 25.1. The van der Waals surface area contributed by atoms with Crippen molar-refractivity contribution in [2.24, 2.45) is 0 Å². The zero-order valence-electron chi connectivity index (χ0n) is 14.2. The Kier molecular flexibility index (Phi) is 5.70. The summed E-state index contributed by atoms with van der Waals surface area (Å²) in [6.45, 7) is 2.44. The highest BCUT2D eigenvalue weighted by Gasteiger charge is 2.16. The van der Waals surface area contributed by atoms with Crippen molar-refractivity contribution in [3.8, 4) is 16.4 Å². The maximum atomic E-state index is 12.1. The number of ether oxygens (including phenoxy) is 1. The summed E-state index contributed by atoms with van der Waals surface area (Å²) in [5.41, 5.74) is 0.451. The maximum absolute atomic E-state index is 12.1. The Bertz CT molecular complexity index is 887. The van der Waals surface area contributed by atoms with Gasteiger partial charge in [-0.25, -0.2) is 0 Å². The monoisotopic (exact) mass is 370 g/mol. The molecule has 0 bridgehead atoms. The number of anilines is 1. The number of thiophene rings is 1. The Morgan fingerprint density at radius 2 is 1.92 bits per heavy atom. The van der Waals surface area contributed by atoms with Gasteiger partial charge in [0.1, 0.15) is 17.3 Å². The maximum Gasteiger partial charge on any atom is 0.313 e. The summed E-state index contributed by atoms with van der Waals surface area (Å²) >= 11 is 1.57. The van der Waals surface area contributed by atoms with E-state index in [4.69, 9.17) is 9.15 Å². The van der Waals surface area contributed by atoms with Crippen LogP contribution in [0.25, 0.3) is 10.6 Å². The molecular formula is C19H18N2O4S. The van der Waals surface area contributed by atoms with Gasteiger partial charge in [0.05, 0.1) is 23.7 Å². The van der Waals surface area contributed by atoms with Gasteiger partial charge in [-0.05, 0) is 42.6 Å². The quantitative estimate of drug-likeness (QED) is 0.649. The minimum atomic E-state index is -0.762. The third-order valence-electron chi connectivity index (χ3n) is 3.49. The fraction of sp³-hybridized carbons (Fsp3) is 0.158. The first-order chi connectivity index (χ1) is 12.7. The van der Waals surface area contributed by atoms with Crippen LogP contribution in [0.5, 0.6) is 5.75 Å². The molecule has 2 aromatic heterocycles. The second kappa shape index (κ2) is 8.35. The molecule has 0 radical (unpaired) electrons. The number of benzene rings is 1. The van der Waals surface area contributed by atoms with E-state index in [1.54, 1.807) is 41.7 Å². The summed E-state index contributed by atoms with van der Waals surface area (Å²) < 4.78 is 11.1. The molecule has 0 saturated carbocycles. The van der Waals surface area contributed by atoms with Gasteiger partial charge in [0.15, 0.2) is 0 Å². The average molecular weight is 370 g/mol. The van der Waals surface area contributed by atoms with Crippen LogP contribution in [0.15, 0.2) is 58.3 Å². The Balaban J connectivity index is 1.56. The molecule has 0 fully saturated rings. The van der Waals surface area contributed by atoms with Gasteiger partial charge in [0, 0.05) is 0 Å². The molecule has 0 aliphatic rings. The molecule has 2 heterocycles. The third kappa shape index (κ3) is 4.31. The minimum absolute atomic E-state index is 0.130. The van der Waals surface area contributed by atoms with E-state index in [1.807, 2.05) is 30.5 Å². The van der Waals surface area contributed by atoms with Gasteiger partial charge >= 0.3 is 11.8 Å². The van der Waals surface area contributed by atoms with Crippen LogP contribution in [-0.2, 0) is 16.1 Å². The number of carbonyl (C=O) groups is 2. The molecule has 3 rings (SSSR count). The molecule has 3 aromatic rings. The van der Waals surface area contributed by atoms with Crippen LogP contribution >= 0.6 is 11.3 Å². The Hall–Kier alpha value is -3.06. The number of hydrogen-bond donors (Lipinski definition) is 2. The van der Waals surface area contributed by atoms with Crippen molar-refractivity contribution in [2.45, 2.75) is 13.5 Å². The number of para-hydroxylation sites is 2. The second-order valence-electron chi connectivity index (χ2n) is 5.31. The Labute approximate surface area is 154 Å². The second-order valence-corrected chi connectivity index (χ2v) is 6.26. The lowest BCUT2D eigenvalue weighted by molar-refractivity contribution is -0.136. The van der Waals surface area contributed by atoms with E-state index in [2.05, 4.69) is 10.6 Å². The summed E-state index contributed by atoms with van der Waals surface area (Å²) in [5, 5.41) is 7.06. The zero-order chi connectivity index (χ0) is 18.4. The molecule has 26 heavy (non-hydrogen) atoms. The number of rotatable bonds is 6. The molecule has 0 spiro atoms. The predicted molar refractivity (Wildman–Crippen MR) is 100 cm³/mol. The highest BCUT2D eigenvalue weighted by molar-refractivity contribution is 7.13.